The predicted octanol–water partition coefficient (Wildman–Crippen LogP) is 2.57. The molecular formula is C15H30O5. The van der Waals surface area contributed by atoms with Crippen LogP contribution in [0.4, 0.5) is 0 Å². The van der Waals surface area contributed by atoms with Crippen LogP contribution in [0.3, 0.4) is 0 Å². The minimum atomic E-state index is -0.251. The topological polar surface area (TPSA) is 54.0 Å². The molecule has 0 saturated carbocycles. The first-order chi connectivity index (χ1) is 9.56. The van der Waals surface area contributed by atoms with Crippen molar-refractivity contribution >= 4 is 5.97 Å². The van der Waals surface area contributed by atoms with Crippen LogP contribution in [-0.2, 0) is 23.7 Å². The molecule has 0 aliphatic heterocycles. The minimum absolute atomic E-state index is 0.0425. The summed E-state index contributed by atoms with van der Waals surface area (Å²) in [5.74, 6) is -0.251. The SMILES string of the molecule is CCCCOC(C)COC(C)COCCCOC(C)=O. The smallest absolute Gasteiger partial charge is 0.302 e. The summed E-state index contributed by atoms with van der Waals surface area (Å²) in [6, 6.07) is 0. The third kappa shape index (κ3) is 13.8. The number of rotatable bonds is 13. The van der Waals surface area contributed by atoms with Crippen LogP contribution in [0.5, 0.6) is 0 Å². The van der Waals surface area contributed by atoms with Gasteiger partial charge in [0, 0.05) is 26.6 Å². The summed E-state index contributed by atoms with van der Waals surface area (Å²) in [6.45, 7) is 10.4. The molecule has 0 N–H and O–H groups in total. The van der Waals surface area contributed by atoms with E-state index in [-0.39, 0.29) is 18.2 Å². The molecule has 0 aromatic heterocycles. The number of unbranched alkanes of at least 4 members (excludes halogenated alkanes) is 1. The summed E-state index contributed by atoms with van der Waals surface area (Å²) in [5, 5.41) is 0. The maximum absolute atomic E-state index is 10.5. The highest BCUT2D eigenvalue weighted by Gasteiger charge is 2.07. The lowest BCUT2D eigenvalue weighted by Gasteiger charge is -2.17. The molecule has 5 nitrogen and oxygen atoms in total. The average Bonchev–Trinajstić information content (AvgIpc) is 2.40. The Labute approximate surface area is 122 Å². The lowest BCUT2D eigenvalue weighted by Crippen LogP contribution is -2.24. The molecule has 0 aliphatic carbocycles. The monoisotopic (exact) mass is 290 g/mol. The highest BCUT2D eigenvalue weighted by molar-refractivity contribution is 5.65. The second-order valence-electron chi connectivity index (χ2n) is 4.95. The molecule has 0 aromatic carbocycles. The van der Waals surface area contributed by atoms with Crippen LogP contribution in [0.2, 0.25) is 0 Å². The zero-order valence-corrected chi connectivity index (χ0v) is 13.4. The number of hydrogen-bond acceptors (Lipinski definition) is 5. The van der Waals surface area contributed by atoms with Crippen molar-refractivity contribution in [2.75, 3.05) is 33.0 Å². The normalized spacial score (nSPS) is 14.0. The largest absolute Gasteiger partial charge is 0.466 e. The summed E-state index contributed by atoms with van der Waals surface area (Å²) in [6.07, 6.45) is 3.10. The molecule has 0 amide bonds. The Bertz CT molecular complexity index is 232. The molecule has 0 aliphatic rings. The van der Waals surface area contributed by atoms with E-state index in [1.165, 1.54) is 6.92 Å². The first kappa shape index (κ1) is 19.4. The quantitative estimate of drug-likeness (QED) is 0.385. The predicted molar refractivity (Wildman–Crippen MR) is 77.8 cm³/mol. The van der Waals surface area contributed by atoms with Crippen LogP contribution in [-0.4, -0.2) is 51.2 Å². The van der Waals surface area contributed by atoms with E-state index in [1.807, 2.05) is 13.8 Å². The molecule has 0 heterocycles. The van der Waals surface area contributed by atoms with Gasteiger partial charge in [-0.3, -0.25) is 4.79 Å². The maximum Gasteiger partial charge on any atom is 0.302 e. The van der Waals surface area contributed by atoms with Crippen LogP contribution in [0.15, 0.2) is 0 Å². The van der Waals surface area contributed by atoms with Crippen molar-refractivity contribution in [2.24, 2.45) is 0 Å². The Morgan fingerprint density at radius 1 is 0.950 bits per heavy atom. The van der Waals surface area contributed by atoms with Crippen LogP contribution < -0.4 is 0 Å². The standard InChI is InChI=1S/C15H30O5/c1-5-6-9-18-14(3)12-20-13(2)11-17-8-7-10-19-15(4)16/h13-14H,5-12H2,1-4H3. The van der Waals surface area contributed by atoms with Crippen molar-refractivity contribution in [3.8, 4) is 0 Å². The molecule has 0 rings (SSSR count). The number of carbonyl (C=O) groups is 1. The van der Waals surface area contributed by atoms with E-state index < -0.39 is 0 Å². The van der Waals surface area contributed by atoms with E-state index in [1.54, 1.807) is 0 Å². The van der Waals surface area contributed by atoms with Crippen LogP contribution >= 0.6 is 0 Å². The molecule has 120 valence electrons. The first-order valence-electron chi connectivity index (χ1n) is 7.50. The van der Waals surface area contributed by atoms with E-state index in [4.69, 9.17) is 18.9 Å². The average molecular weight is 290 g/mol. The van der Waals surface area contributed by atoms with Crippen molar-refractivity contribution in [3.05, 3.63) is 0 Å². The van der Waals surface area contributed by atoms with Gasteiger partial charge in [0.15, 0.2) is 0 Å². The van der Waals surface area contributed by atoms with Gasteiger partial charge in [-0.1, -0.05) is 13.3 Å². The van der Waals surface area contributed by atoms with Gasteiger partial charge in [0.1, 0.15) is 0 Å². The zero-order valence-electron chi connectivity index (χ0n) is 13.4. The Morgan fingerprint density at radius 3 is 2.30 bits per heavy atom. The molecular weight excluding hydrogens is 260 g/mol. The van der Waals surface area contributed by atoms with Crippen molar-refractivity contribution in [1.82, 2.24) is 0 Å². The molecule has 2 unspecified atom stereocenters. The Hall–Kier alpha value is -0.650. The molecule has 20 heavy (non-hydrogen) atoms. The van der Waals surface area contributed by atoms with Crippen molar-refractivity contribution in [1.29, 1.82) is 0 Å². The van der Waals surface area contributed by atoms with Gasteiger partial charge in [-0.2, -0.15) is 0 Å². The van der Waals surface area contributed by atoms with Crippen molar-refractivity contribution < 1.29 is 23.7 Å². The van der Waals surface area contributed by atoms with Gasteiger partial charge in [0.25, 0.3) is 0 Å². The molecule has 0 radical (unpaired) electrons. The van der Waals surface area contributed by atoms with Gasteiger partial charge in [-0.25, -0.2) is 0 Å². The molecule has 0 bridgehead atoms. The third-order valence-electron chi connectivity index (χ3n) is 2.61. The fourth-order valence-electron chi connectivity index (χ4n) is 1.45. The van der Waals surface area contributed by atoms with E-state index in [0.717, 1.165) is 19.4 Å². The van der Waals surface area contributed by atoms with Gasteiger partial charge in [0.2, 0.25) is 0 Å². The highest BCUT2D eigenvalue weighted by Crippen LogP contribution is 2.00. The molecule has 0 aromatic rings. The third-order valence-corrected chi connectivity index (χ3v) is 2.61. The van der Waals surface area contributed by atoms with E-state index >= 15 is 0 Å². The summed E-state index contributed by atoms with van der Waals surface area (Å²) in [5.41, 5.74) is 0. The minimum Gasteiger partial charge on any atom is -0.466 e. The fraction of sp³-hybridized carbons (Fsp3) is 0.933. The summed E-state index contributed by atoms with van der Waals surface area (Å²) in [4.78, 5) is 10.5. The summed E-state index contributed by atoms with van der Waals surface area (Å²) >= 11 is 0. The summed E-state index contributed by atoms with van der Waals surface area (Å²) < 4.78 is 21.5. The van der Waals surface area contributed by atoms with Gasteiger partial charge in [0.05, 0.1) is 32.0 Å². The lowest BCUT2D eigenvalue weighted by atomic mass is 10.3. The number of carbonyl (C=O) groups excluding carboxylic acids is 1. The van der Waals surface area contributed by atoms with E-state index in [0.29, 0.717) is 32.8 Å². The van der Waals surface area contributed by atoms with E-state index in [9.17, 15) is 4.79 Å². The van der Waals surface area contributed by atoms with Crippen molar-refractivity contribution in [2.45, 2.75) is 59.2 Å². The van der Waals surface area contributed by atoms with E-state index in [2.05, 4.69) is 6.92 Å². The fourth-order valence-corrected chi connectivity index (χ4v) is 1.45. The molecule has 2 atom stereocenters. The first-order valence-corrected chi connectivity index (χ1v) is 7.50. The Balaban J connectivity index is 3.35. The van der Waals surface area contributed by atoms with Gasteiger partial charge >= 0.3 is 5.97 Å². The molecule has 5 heteroatoms. The molecule has 0 spiro atoms. The second kappa shape index (κ2) is 13.3. The highest BCUT2D eigenvalue weighted by atomic mass is 16.6. The van der Waals surface area contributed by atoms with Gasteiger partial charge < -0.3 is 18.9 Å². The molecule has 0 saturated heterocycles. The maximum atomic E-state index is 10.5. The number of hydrogen-bond donors (Lipinski definition) is 0. The van der Waals surface area contributed by atoms with Gasteiger partial charge in [-0.15, -0.1) is 0 Å². The zero-order chi connectivity index (χ0) is 15.2. The Morgan fingerprint density at radius 2 is 1.65 bits per heavy atom. The number of ether oxygens (including phenoxy) is 4. The summed E-state index contributed by atoms with van der Waals surface area (Å²) in [7, 11) is 0. The van der Waals surface area contributed by atoms with Crippen LogP contribution in [0, 0.1) is 0 Å². The molecule has 0 fully saturated rings. The number of esters is 1. The Kier molecular flexibility index (Phi) is 12.9. The van der Waals surface area contributed by atoms with Crippen LogP contribution in [0.25, 0.3) is 0 Å². The second-order valence-corrected chi connectivity index (χ2v) is 4.95. The van der Waals surface area contributed by atoms with Gasteiger partial charge in [-0.05, 0) is 20.3 Å². The lowest BCUT2D eigenvalue weighted by molar-refractivity contribution is -0.141. The van der Waals surface area contributed by atoms with Crippen molar-refractivity contribution in [3.63, 3.8) is 0 Å². The van der Waals surface area contributed by atoms with Crippen LogP contribution in [0.1, 0.15) is 47.0 Å².